The van der Waals surface area contributed by atoms with Gasteiger partial charge in [-0.2, -0.15) is 0 Å². The van der Waals surface area contributed by atoms with Crippen LogP contribution in [0, 0.1) is 0 Å². The highest BCUT2D eigenvalue weighted by Gasteiger charge is 2.23. The highest BCUT2D eigenvalue weighted by molar-refractivity contribution is 7.22. The molecule has 2 heterocycles. The van der Waals surface area contributed by atoms with E-state index in [1.807, 2.05) is 18.2 Å². The van der Waals surface area contributed by atoms with Crippen LogP contribution in [-0.2, 0) is 0 Å². The minimum absolute atomic E-state index is 0. The van der Waals surface area contributed by atoms with Gasteiger partial charge in [0, 0.05) is 19.2 Å². The fraction of sp³-hybridized carbons (Fsp3) is 0.368. The van der Waals surface area contributed by atoms with Crippen molar-refractivity contribution in [2.45, 2.75) is 13.8 Å². The number of furan rings is 1. The van der Waals surface area contributed by atoms with E-state index in [2.05, 4.69) is 23.7 Å². The third kappa shape index (κ3) is 4.80. The molecular weight excluding hydrogens is 386 g/mol. The normalized spacial score (nSPS) is 10.8. The molecule has 0 radical (unpaired) electrons. The van der Waals surface area contributed by atoms with Crippen LogP contribution in [0.3, 0.4) is 0 Å². The zero-order valence-electron chi connectivity index (χ0n) is 15.7. The summed E-state index contributed by atoms with van der Waals surface area (Å²) in [6.07, 6.45) is 1.51. The standard InChI is InChI=1S/C19H23N3O3S.ClH/c1-4-21(5-2)10-11-22(18(23)16-7-6-12-25-16)19-20-15-13-14(24-3)8-9-17(15)26-19;/h6-9,12-13H,4-5,10-11H2,1-3H3;1H. The number of benzene rings is 1. The number of thiazole rings is 1. The maximum atomic E-state index is 13.0. The number of hydrogen-bond acceptors (Lipinski definition) is 6. The van der Waals surface area contributed by atoms with E-state index in [1.165, 1.54) is 17.6 Å². The molecule has 2 aromatic heterocycles. The van der Waals surface area contributed by atoms with E-state index in [1.54, 1.807) is 24.1 Å². The molecule has 0 aliphatic rings. The van der Waals surface area contributed by atoms with Crippen LogP contribution in [0.2, 0.25) is 0 Å². The number of halogens is 1. The first kappa shape index (κ1) is 21.2. The molecular formula is C19H24ClN3O3S. The van der Waals surface area contributed by atoms with Crippen molar-refractivity contribution in [1.29, 1.82) is 0 Å². The molecule has 3 aromatic rings. The minimum atomic E-state index is -0.173. The summed E-state index contributed by atoms with van der Waals surface area (Å²) in [5.74, 6) is 0.899. The van der Waals surface area contributed by atoms with Crippen LogP contribution < -0.4 is 9.64 Å². The molecule has 146 valence electrons. The van der Waals surface area contributed by atoms with Crippen molar-refractivity contribution in [1.82, 2.24) is 9.88 Å². The van der Waals surface area contributed by atoms with Crippen LogP contribution in [0.25, 0.3) is 10.2 Å². The Balaban J connectivity index is 0.00000261. The highest BCUT2D eigenvalue weighted by atomic mass is 35.5. The van der Waals surface area contributed by atoms with Gasteiger partial charge in [0.25, 0.3) is 5.91 Å². The van der Waals surface area contributed by atoms with E-state index in [0.29, 0.717) is 17.4 Å². The van der Waals surface area contributed by atoms with Crippen molar-refractivity contribution in [2.75, 3.05) is 38.2 Å². The molecule has 0 fully saturated rings. The van der Waals surface area contributed by atoms with Crippen molar-refractivity contribution in [3.63, 3.8) is 0 Å². The van der Waals surface area contributed by atoms with Gasteiger partial charge in [-0.05, 0) is 37.4 Å². The second kappa shape index (κ2) is 9.73. The Hall–Kier alpha value is -2.09. The van der Waals surface area contributed by atoms with E-state index in [0.717, 1.165) is 35.6 Å². The van der Waals surface area contributed by atoms with Crippen LogP contribution in [0.4, 0.5) is 5.13 Å². The van der Waals surface area contributed by atoms with Gasteiger partial charge in [-0.1, -0.05) is 25.2 Å². The average molecular weight is 410 g/mol. The molecule has 0 saturated carbocycles. The van der Waals surface area contributed by atoms with Gasteiger partial charge in [0.15, 0.2) is 10.9 Å². The first-order chi connectivity index (χ1) is 12.7. The van der Waals surface area contributed by atoms with E-state index in [-0.39, 0.29) is 18.3 Å². The van der Waals surface area contributed by atoms with Crippen LogP contribution in [-0.4, -0.2) is 49.1 Å². The summed E-state index contributed by atoms with van der Waals surface area (Å²) in [7, 11) is 1.63. The predicted octanol–water partition coefficient (Wildman–Crippen LogP) is 4.31. The monoisotopic (exact) mass is 409 g/mol. The Morgan fingerprint density at radius 2 is 2.00 bits per heavy atom. The van der Waals surface area contributed by atoms with Gasteiger partial charge >= 0.3 is 0 Å². The molecule has 0 N–H and O–H groups in total. The maximum absolute atomic E-state index is 13.0. The molecule has 0 bridgehead atoms. The number of ether oxygens (including phenoxy) is 1. The van der Waals surface area contributed by atoms with Crippen LogP contribution in [0.5, 0.6) is 5.75 Å². The summed E-state index contributed by atoms with van der Waals surface area (Å²) in [5.41, 5.74) is 0.824. The smallest absolute Gasteiger partial charge is 0.295 e. The lowest BCUT2D eigenvalue weighted by molar-refractivity contribution is 0.0957. The molecule has 8 heteroatoms. The Labute approximate surface area is 169 Å². The van der Waals surface area contributed by atoms with Crippen molar-refractivity contribution < 1.29 is 13.9 Å². The molecule has 0 aliphatic heterocycles. The van der Waals surface area contributed by atoms with Crippen molar-refractivity contribution in [2.24, 2.45) is 0 Å². The van der Waals surface area contributed by atoms with Crippen molar-refractivity contribution >= 4 is 45.0 Å². The molecule has 0 unspecified atom stereocenters. The average Bonchev–Trinajstić information content (AvgIpc) is 3.33. The van der Waals surface area contributed by atoms with Gasteiger partial charge < -0.3 is 14.1 Å². The van der Waals surface area contributed by atoms with Gasteiger partial charge in [0.2, 0.25) is 0 Å². The summed E-state index contributed by atoms with van der Waals surface area (Å²) in [6, 6.07) is 9.16. The van der Waals surface area contributed by atoms with E-state index >= 15 is 0 Å². The van der Waals surface area contributed by atoms with Crippen LogP contribution in [0.15, 0.2) is 41.0 Å². The molecule has 1 amide bonds. The molecule has 6 nitrogen and oxygen atoms in total. The van der Waals surface area contributed by atoms with Crippen molar-refractivity contribution in [3.8, 4) is 5.75 Å². The quantitative estimate of drug-likeness (QED) is 0.554. The van der Waals surface area contributed by atoms with Gasteiger partial charge in [0.1, 0.15) is 5.75 Å². The summed E-state index contributed by atoms with van der Waals surface area (Å²) in [6.45, 7) is 7.45. The molecule has 0 spiro atoms. The topological polar surface area (TPSA) is 58.8 Å². The number of aromatic nitrogens is 1. The fourth-order valence-electron chi connectivity index (χ4n) is 2.74. The first-order valence-corrected chi connectivity index (χ1v) is 9.50. The number of carbonyl (C=O) groups is 1. The van der Waals surface area contributed by atoms with E-state index in [4.69, 9.17) is 9.15 Å². The SMILES string of the molecule is CCN(CC)CCN(C(=O)c1ccco1)c1nc2cc(OC)ccc2s1.Cl. The lowest BCUT2D eigenvalue weighted by atomic mass is 10.3. The third-order valence-electron chi connectivity index (χ3n) is 4.33. The number of anilines is 1. The molecule has 0 aliphatic carbocycles. The Morgan fingerprint density at radius 3 is 2.63 bits per heavy atom. The van der Waals surface area contributed by atoms with Crippen molar-refractivity contribution in [3.05, 3.63) is 42.4 Å². The summed E-state index contributed by atoms with van der Waals surface area (Å²) in [4.78, 5) is 21.6. The molecule has 27 heavy (non-hydrogen) atoms. The molecule has 0 saturated heterocycles. The van der Waals surface area contributed by atoms with Crippen LogP contribution >= 0.6 is 23.7 Å². The molecule has 1 aromatic carbocycles. The number of hydrogen-bond donors (Lipinski definition) is 0. The zero-order valence-corrected chi connectivity index (χ0v) is 17.3. The number of amides is 1. The second-order valence-corrected chi connectivity index (χ2v) is 6.80. The summed E-state index contributed by atoms with van der Waals surface area (Å²) >= 11 is 1.50. The molecule has 0 atom stereocenters. The number of rotatable bonds is 8. The molecule has 3 rings (SSSR count). The van der Waals surface area contributed by atoms with Gasteiger partial charge in [-0.15, -0.1) is 12.4 Å². The maximum Gasteiger partial charge on any atom is 0.295 e. The Kier molecular flexibility index (Phi) is 7.65. The first-order valence-electron chi connectivity index (χ1n) is 8.68. The lowest BCUT2D eigenvalue weighted by Gasteiger charge is -2.24. The van der Waals surface area contributed by atoms with E-state index < -0.39 is 0 Å². The Morgan fingerprint density at radius 1 is 1.22 bits per heavy atom. The summed E-state index contributed by atoms with van der Waals surface area (Å²) in [5, 5.41) is 0.668. The predicted molar refractivity (Wildman–Crippen MR) is 112 cm³/mol. The third-order valence-corrected chi connectivity index (χ3v) is 5.39. The fourth-order valence-corrected chi connectivity index (χ4v) is 3.71. The lowest BCUT2D eigenvalue weighted by Crippen LogP contribution is -2.38. The number of methoxy groups -OCH3 is 1. The highest BCUT2D eigenvalue weighted by Crippen LogP contribution is 2.32. The van der Waals surface area contributed by atoms with E-state index in [9.17, 15) is 4.79 Å². The Bertz CT molecular complexity index is 862. The number of likely N-dealkylation sites (N-methyl/N-ethyl adjacent to an activating group) is 1. The largest absolute Gasteiger partial charge is 0.497 e. The number of fused-ring (bicyclic) bond motifs is 1. The van der Waals surface area contributed by atoms with Gasteiger partial charge in [-0.3, -0.25) is 9.69 Å². The van der Waals surface area contributed by atoms with Gasteiger partial charge in [0.05, 0.1) is 23.6 Å². The number of carbonyl (C=O) groups excluding carboxylic acids is 1. The van der Waals surface area contributed by atoms with Crippen LogP contribution in [0.1, 0.15) is 24.4 Å². The second-order valence-electron chi connectivity index (χ2n) is 5.79. The number of nitrogens with zero attached hydrogens (tertiary/aromatic N) is 3. The minimum Gasteiger partial charge on any atom is -0.497 e. The van der Waals surface area contributed by atoms with Gasteiger partial charge in [-0.25, -0.2) is 4.98 Å². The zero-order chi connectivity index (χ0) is 18.5. The summed E-state index contributed by atoms with van der Waals surface area (Å²) < 4.78 is 11.6.